The Hall–Kier alpha value is -5.40. The predicted octanol–water partition coefficient (Wildman–Crippen LogP) is 6.47. The molecule has 4 aromatic carbocycles. The molecule has 3 amide bonds. The monoisotopic (exact) mass is 761 g/mol. The van der Waals surface area contributed by atoms with Gasteiger partial charge in [0.15, 0.2) is 18.1 Å². The van der Waals surface area contributed by atoms with Crippen LogP contribution in [0, 0.1) is 29.6 Å². The number of imide groups is 1. The van der Waals surface area contributed by atoms with Crippen molar-refractivity contribution in [3.05, 3.63) is 111 Å². The number of fused-ring (bicyclic) bond motifs is 10. The topological polar surface area (TPSA) is 144 Å². The molecule has 4 unspecified atom stereocenters. The van der Waals surface area contributed by atoms with Gasteiger partial charge in [0, 0.05) is 27.1 Å². The molecule has 2 aliphatic carbocycles. The number of nitrogens with one attached hydrogen (secondary N) is 2. The molecule has 0 spiro atoms. The van der Waals surface area contributed by atoms with Crippen molar-refractivity contribution in [1.82, 2.24) is 4.98 Å². The fraction of sp³-hybridized carbons (Fsp3) is 0.293. The van der Waals surface area contributed by atoms with Crippen LogP contribution in [0.25, 0.3) is 10.8 Å². The van der Waals surface area contributed by atoms with Gasteiger partial charge in [-0.1, -0.05) is 53.8 Å². The Morgan fingerprint density at radius 2 is 1.67 bits per heavy atom. The minimum Gasteiger partial charge on any atom is -0.493 e. The van der Waals surface area contributed by atoms with E-state index in [4.69, 9.17) is 14.2 Å². The number of thioether (sulfide) groups is 1. The first-order valence-corrected chi connectivity index (χ1v) is 19.6. The maximum Gasteiger partial charge on any atom is 0.338 e. The summed E-state index contributed by atoms with van der Waals surface area (Å²) in [5.74, 6) is -1.73. The number of methoxy groups -OCH3 is 1. The quantitative estimate of drug-likeness (QED) is 0.128. The van der Waals surface area contributed by atoms with Gasteiger partial charge < -0.3 is 24.5 Å². The van der Waals surface area contributed by atoms with Gasteiger partial charge in [0.05, 0.1) is 41.8 Å². The van der Waals surface area contributed by atoms with Crippen LogP contribution in [0.3, 0.4) is 0 Å². The number of ether oxygens (including phenoxy) is 3. The maximum atomic E-state index is 14.2. The zero-order valence-electron chi connectivity index (χ0n) is 29.3. The number of aromatic amines is 1. The number of anilines is 2. The van der Waals surface area contributed by atoms with Crippen LogP contribution in [0.2, 0.25) is 0 Å². The summed E-state index contributed by atoms with van der Waals surface area (Å²) >= 11 is 2.79. The summed E-state index contributed by atoms with van der Waals surface area (Å²) in [6.45, 7) is 1.74. The molecule has 7 atom stereocenters. The first kappa shape index (κ1) is 34.4. The van der Waals surface area contributed by atoms with E-state index < -0.39 is 17.8 Å². The van der Waals surface area contributed by atoms with E-state index in [1.54, 1.807) is 56.1 Å². The Morgan fingerprint density at radius 1 is 0.907 bits per heavy atom. The molecule has 4 aliphatic rings. The van der Waals surface area contributed by atoms with E-state index in [9.17, 15) is 24.0 Å². The number of esters is 1. The van der Waals surface area contributed by atoms with Crippen molar-refractivity contribution < 1.29 is 33.4 Å². The lowest BCUT2D eigenvalue weighted by Crippen LogP contribution is -2.42. The highest BCUT2D eigenvalue weighted by atomic mass is 32.2. The van der Waals surface area contributed by atoms with Crippen molar-refractivity contribution >= 4 is 68.9 Å². The number of carbonyl (C=O) groups excluding carboxylic acids is 4. The molecule has 2 N–H and O–H groups in total. The van der Waals surface area contributed by atoms with Gasteiger partial charge in [-0.2, -0.15) is 0 Å². The predicted molar refractivity (Wildman–Crippen MR) is 204 cm³/mol. The molecule has 274 valence electrons. The molecule has 13 heteroatoms. The van der Waals surface area contributed by atoms with Gasteiger partial charge in [0.2, 0.25) is 11.8 Å². The number of rotatable bonds is 9. The largest absolute Gasteiger partial charge is 0.493 e. The van der Waals surface area contributed by atoms with Crippen molar-refractivity contribution in [2.45, 2.75) is 29.5 Å². The lowest BCUT2D eigenvalue weighted by Gasteiger charge is -2.43. The van der Waals surface area contributed by atoms with E-state index in [1.807, 2.05) is 54.6 Å². The van der Waals surface area contributed by atoms with Crippen LogP contribution in [0.4, 0.5) is 11.4 Å². The Balaban J connectivity index is 0.982. The van der Waals surface area contributed by atoms with E-state index >= 15 is 0 Å². The number of benzene rings is 4. The Bertz CT molecular complexity index is 2400. The van der Waals surface area contributed by atoms with Gasteiger partial charge >= 0.3 is 10.8 Å². The van der Waals surface area contributed by atoms with Gasteiger partial charge in [-0.3, -0.25) is 24.1 Å². The van der Waals surface area contributed by atoms with Crippen molar-refractivity contribution in [3.63, 3.8) is 0 Å². The number of H-pyrrole nitrogens is 1. The van der Waals surface area contributed by atoms with E-state index in [2.05, 4.69) is 10.3 Å². The van der Waals surface area contributed by atoms with Crippen LogP contribution < -0.4 is 24.6 Å². The molecule has 2 saturated carbocycles. The summed E-state index contributed by atoms with van der Waals surface area (Å²) in [6, 6.07) is 25.6. The second kappa shape index (κ2) is 13.5. The van der Waals surface area contributed by atoms with Crippen LogP contribution >= 0.6 is 23.1 Å². The lowest BCUT2D eigenvalue weighted by molar-refractivity contribution is -0.123. The second-order valence-electron chi connectivity index (χ2n) is 14.0. The number of hydrogen-bond donors (Lipinski definition) is 2. The second-order valence-corrected chi connectivity index (χ2v) is 16.2. The number of hydrogen-bond acceptors (Lipinski definition) is 10. The molecule has 1 saturated heterocycles. The number of thiazole rings is 1. The summed E-state index contributed by atoms with van der Waals surface area (Å²) in [5.41, 5.74) is 2.38. The van der Waals surface area contributed by atoms with Crippen molar-refractivity contribution in [3.8, 4) is 11.5 Å². The Kier molecular flexibility index (Phi) is 8.57. The molecule has 9 rings (SSSR count). The third-order valence-electron chi connectivity index (χ3n) is 11.3. The van der Waals surface area contributed by atoms with Crippen LogP contribution in [0.1, 0.15) is 40.1 Å². The van der Waals surface area contributed by atoms with E-state index in [-0.39, 0.29) is 64.7 Å². The molecule has 5 aromatic rings. The number of carbonyl (C=O) groups is 4. The standard InChI is InChI=1S/C41H35N3O8S2/c1-3-51-40(48)21-11-14-23(15-12-21)44-38(46)33-25-18-26(34(33)39(44)47)35-32(25)31(36-37(53-35)43-41(49)54-36)22-13-16-28(29(17-22)50-2)52-19-30(45)42-27-10-6-8-20-7-4-5-9-24(20)27/h4-17,25-26,31-35H,3,18-19H2,1-2H3,(H,42,45)(H,43,49)/t25-,26-,31-,32?,33?,34?,35?/m1/s1. The third kappa shape index (κ3) is 5.51. The smallest absolute Gasteiger partial charge is 0.338 e. The molecule has 2 bridgehead atoms. The summed E-state index contributed by atoms with van der Waals surface area (Å²) in [7, 11) is 1.54. The van der Waals surface area contributed by atoms with Crippen LogP contribution in [0.15, 0.2) is 94.7 Å². The van der Waals surface area contributed by atoms with Gasteiger partial charge in [0.25, 0.3) is 5.91 Å². The van der Waals surface area contributed by atoms with Crippen LogP contribution in [-0.2, 0) is 19.1 Å². The molecule has 0 radical (unpaired) electrons. The van der Waals surface area contributed by atoms with Gasteiger partial charge in [-0.05, 0) is 84.5 Å². The Labute approximate surface area is 318 Å². The average Bonchev–Trinajstić information content (AvgIpc) is 3.93. The van der Waals surface area contributed by atoms with E-state index in [1.165, 1.54) is 16.2 Å². The maximum absolute atomic E-state index is 14.2. The zero-order chi connectivity index (χ0) is 37.2. The highest BCUT2D eigenvalue weighted by Crippen LogP contribution is 2.68. The first-order valence-electron chi connectivity index (χ1n) is 17.9. The molecule has 1 aromatic heterocycles. The minimum absolute atomic E-state index is 0.00146. The van der Waals surface area contributed by atoms with Gasteiger partial charge in [-0.15, -0.1) is 11.8 Å². The molecule has 3 heterocycles. The lowest BCUT2D eigenvalue weighted by atomic mass is 9.68. The van der Waals surface area contributed by atoms with Crippen molar-refractivity contribution in [2.24, 2.45) is 29.6 Å². The summed E-state index contributed by atoms with van der Waals surface area (Å²) in [4.78, 5) is 71.4. The first-order chi connectivity index (χ1) is 26.2. The summed E-state index contributed by atoms with van der Waals surface area (Å²) in [6.07, 6.45) is 0.741. The normalized spacial score (nSPS) is 24.9. The van der Waals surface area contributed by atoms with Crippen molar-refractivity contribution in [2.75, 3.05) is 30.5 Å². The van der Waals surface area contributed by atoms with Crippen LogP contribution in [-0.4, -0.2) is 54.2 Å². The fourth-order valence-electron chi connectivity index (χ4n) is 9.27. The zero-order valence-corrected chi connectivity index (χ0v) is 30.9. The fourth-order valence-corrected chi connectivity index (χ4v) is 12.2. The molecular formula is C41H35N3O8S2. The SMILES string of the molecule is CCOC(=O)c1ccc(N2C(=O)C3C(C2=O)[C@@H]2C[C@H]3C3Sc4[nH]c(=O)sc4[C@H](c4ccc(OCC(=O)Nc5cccc6ccccc56)c(OC)c4)C32)cc1. The average molecular weight is 762 g/mol. The highest BCUT2D eigenvalue weighted by Gasteiger charge is 2.69. The highest BCUT2D eigenvalue weighted by molar-refractivity contribution is 8.00. The number of nitrogens with zero attached hydrogens (tertiary/aromatic N) is 1. The minimum atomic E-state index is -0.487. The number of aromatic nitrogens is 1. The van der Waals surface area contributed by atoms with Crippen LogP contribution in [0.5, 0.6) is 11.5 Å². The van der Waals surface area contributed by atoms with Gasteiger partial charge in [0.1, 0.15) is 0 Å². The molecular weight excluding hydrogens is 727 g/mol. The van der Waals surface area contributed by atoms with Gasteiger partial charge in [-0.25, -0.2) is 4.79 Å². The van der Waals surface area contributed by atoms with Crippen molar-refractivity contribution in [1.29, 1.82) is 0 Å². The number of amides is 3. The van der Waals surface area contributed by atoms with E-state index in [0.717, 1.165) is 32.7 Å². The molecule has 11 nitrogen and oxygen atoms in total. The van der Waals surface area contributed by atoms with E-state index in [0.29, 0.717) is 28.4 Å². The summed E-state index contributed by atoms with van der Waals surface area (Å²) < 4.78 is 16.9. The third-order valence-corrected chi connectivity index (χ3v) is 13.9. The molecule has 2 aliphatic heterocycles. The Morgan fingerprint density at radius 3 is 2.44 bits per heavy atom. The summed E-state index contributed by atoms with van der Waals surface area (Å²) in [5, 5.41) is 5.69. The molecule has 3 fully saturated rings. The molecule has 54 heavy (non-hydrogen) atoms.